The highest BCUT2D eigenvalue weighted by Crippen LogP contribution is 2.36. The summed E-state index contributed by atoms with van der Waals surface area (Å²) in [6.45, 7) is 6.00. The van der Waals surface area contributed by atoms with Gasteiger partial charge in [0.25, 0.3) is 10.0 Å². The molecule has 2 aromatic rings. The monoisotopic (exact) mass is 432 g/mol. The van der Waals surface area contributed by atoms with Crippen LogP contribution in [0, 0.1) is 10.1 Å². The number of nitro benzene ring substituents is 1. The van der Waals surface area contributed by atoms with E-state index in [1.165, 1.54) is 12.1 Å². The third-order valence-electron chi connectivity index (χ3n) is 4.57. The van der Waals surface area contributed by atoms with Crippen molar-refractivity contribution < 1.29 is 31.3 Å². The lowest BCUT2D eigenvalue weighted by Gasteiger charge is -2.23. The molecule has 0 fully saturated rings. The fourth-order valence-electron chi connectivity index (χ4n) is 2.36. The van der Waals surface area contributed by atoms with Gasteiger partial charge in [-0.15, -0.1) is 0 Å². The van der Waals surface area contributed by atoms with Crippen molar-refractivity contribution in [2.45, 2.75) is 43.7 Å². The van der Waals surface area contributed by atoms with Gasteiger partial charge in [-0.1, -0.05) is 32.9 Å². The molecule has 0 amide bonds. The van der Waals surface area contributed by atoms with Crippen LogP contribution in [0.15, 0.2) is 47.4 Å². The second-order valence-corrected chi connectivity index (χ2v) is 8.53. The number of hydrogen-bond donors (Lipinski definition) is 1. The van der Waals surface area contributed by atoms with Crippen LogP contribution in [-0.4, -0.2) is 13.3 Å². The molecule has 0 bridgehead atoms. The maximum absolute atomic E-state index is 12.7. The molecule has 2 aromatic carbocycles. The maximum atomic E-state index is 12.7. The molecule has 7 nitrogen and oxygen atoms in total. The van der Waals surface area contributed by atoms with E-state index in [4.69, 9.17) is 4.84 Å². The maximum Gasteiger partial charge on any atom is 0.416 e. The van der Waals surface area contributed by atoms with Crippen LogP contribution in [0.1, 0.15) is 38.3 Å². The van der Waals surface area contributed by atoms with E-state index in [0.717, 1.165) is 12.0 Å². The van der Waals surface area contributed by atoms with E-state index in [0.29, 0.717) is 12.1 Å². The van der Waals surface area contributed by atoms with Gasteiger partial charge in [-0.2, -0.15) is 13.2 Å². The molecule has 11 heteroatoms. The number of nitro groups is 1. The van der Waals surface area contributed by atoms with Crippen LogP contribution in [-0.2, 0) is 21.6 Å². The van der Waals surface area contributed by atoms with Crippen molar-refractivity contribution in [3.05, 3.63) is 63.7 Å². The van der Waals surface area contributed by atoms with E-state index in [1.54, 1.807) is 17.0 Å². The molecule has 0 aliphatic carbocycles. The number of rotatable bonds is 7. The fourth-order valence-corrected chi connectivity index (χ4v) is 3.15. The first-order valence-corrected chi connectivity index (χ1v) is 9.91. The van der Waals surface area contributed by atoms with Crippen LogP contribution >= 0.6 is 0 Å². The summed E-state index contributed by atoms with van der Waals surface area (Å²) in [7, 11) is -4.23. The van der Waals surface area contributed by atoms with E-state index < -0.39 is 38.1 Å². The Labute approximate surface area is 165 Å². The van der Waals surface area contributed by atoms with Crippen molar-refractivity contribution in [2.24, 2.45) is 0 Å². The van der Waals surface area contributed by atoms with Gasteiger partial charge in [0.2, 0.25) is 5.75 Å². The lowest BCUT2D eigenvalue weighted by Crippen LogP contribution is -2.27. The molecule has 0 saturated heterocycles. The Balaban J connectivity index is 2.25. The Kier molecular flexibility index (Phi) is 6.24. The lowest BCUT2D eigenvalue weighted by molar-refractivity contribution is -0.386. The van der Waals surface area contributed by atoms with Crippen molar-refractivity contribution in [1.29, 1.82) is 0 Å². The van der Waals surface area contributed by atoms with Gasteiger partial charge in [0, 0.05) is 6.07 Å². The number of sulfonamides is 1. The average molecular weight is 432 g/mol. The molecule has 0 spiro atoms. The number of halogens is 3. The van der Waals surface area contributed by atoms with Crippen LogP contribution in [0.2, 0.25) is 0 Å². The van der Waals surface area contributed by atoms with Gasteiger partial charge in [-0.25, -0.2) is 8.42 Å². The summed E-state index contributed by atoms with van der Waals surface area (Å²) < 4.78 is 62.9. The average Bonchev–Trinajstić information content (AvgIpc) is 2.65. The van der Waals surface area contributed by atoms with Crippen molar-refractivity contribution in [3.8, 4) is 5.75 Å². The molecule has 29 heavy (non-hydrogen) atoms. The summed E-state index contributed by atoms with van der Waals surface area (Å²) in [6, 6.07) is 7.47. The van der Waals surface area contributed by atoms with E-state index in [-0.39, 0.29) is 16.4 Å². The fraction of sp³-hybridized carbons (Fsp3) is 0.333. The standard InChI is InChI=1S/C18H19F3N2O5S/c1-4-17(2,3)12-5-8-14(9-6-12)29(26,27)22-28-16-10-7-13(18(19,20)21)11-15(16)23(24)25/h5-11,22H,4H2,1-3H3. The molecule has 0 radical (unpaired) electrons. The topological polar surface area (TPSA) is 98.5 Å². The minimum absolute atomic E-state index is 0.160. The number of hydrogen-bond acceptors (Lipinski definition) is 5. The summed E-state index contributed by atoms with van der Waals surface area (Å²) in [5.74, 6) is -0.671. The summed E-state index contributed by atoms with van der Waals surface area (Å²) in [4.78, 5) is 16.2. The van der Waals surface area contributed by atoms with Crippen molar-refractivity contribution in [2.75, 3.05) is 0 Å². The number of alkyl halides is 3. The first-order valence-electron chi connectivity index (χ1n) is 8.43. The van der Waals surface area contributed by atoms with E-state index in [2.05, 4.69) is 0 Å². The molecule has 0 unspecified atom stereocenters. The van der Waals surface area contributed by atoms with Crippen LogP contribution in [0.3, 0.4) is 0 Å². The molecule has 0 saturated carbocycles. The Bertz CT molecular complexity index is 1000. The number of nitrogens with zero attached hydrogens (tertiary/aromatic N) is 1. The molecule has 1 N–H and O–H groups in total. The lowest BCUT2D eigenvalue weighted by atomic mass is 9.82. The van der Waals surface area contributed by atoms with Crippen molar-refractivity contribution >= 4 is 15.7 Å². The van der Waals surface area contributed by atoms with Crippen LogP contribution in [0.4, 0.5) is 18.9 Å². The molecule has 0 heterocycles. The van der Waals surface area contributed by atoms with Gasteiger partial charge in [0.15, 0.2) is 0 Å². The van der Waals surface area contributed by atoms with Crippen LogP contribution in [0.5, 0.6) is 5.75 Å². The van der Waals surface area contributed by atoms with Crippen LogP contribution in [0.25, 0.3) is 0 Å². The summed E-state index contributed by atoms with van der Waals surface area (Å²) >= 11 is 0. The van der Waals surface area contributed by atoms with E-state index >= 15 is 0 Å². The van der Waals surface area contributed by atoms with Gasteiger partial charge in [-0.05, 0) is 46.6 Å². The normalized spacial score (nSPS) is 12.6. The molecule has 2 rings (SSSR count). The Morgan fingerprint density at radius 3 is 2.10 bits per heavy atom. The van der Waals surface area contributed by atoms with Crippen molar-refractivity contribution in [3.63, 3.8) is 0 Å². The highest BCUT2D eigenvalue weighted by atomic mass is 32.2. The molecule has 158 valence electrons. The Hall–Kier alpha value is -2.66. The zero-order valence-corrected chi connectivity index (χ0v) is 16.6. The predicted octanol–water partition coefficient (Wildman–Crippen LogP) is 4.57. The predicted molar refractivity (Wildman–Crippen MR) is 98.8 cm³/mol. The molecular formula is C18H19F3N2O5S. The minimum Gasteiger partial charge on any atom is -0.386 e. The zero-order valence-electron chi connectivity index (χ0n) is 15.8. The van der Waals surface area contributed by atoms with Gasteiger partial charge < -0.3 is 4.84 Å². The van der Waals surface area contributed by atoms with Gasteiger partial charge >= 0.3 is 11.9 Å². The van der Waals surface area contributed by atoms with Gasteiger partial charge in [-0.3, -0.25) is 10.1 Å². The third kappa shape index (κ3) is 5.24. The summed E-state index contributed by atoms with van der Waals surface area (Å²) in [5, 5.41) is 11.0. The largest absolute Gasteiger partial charge is 0.416 e. The second-order valence-electron chi connectivity index (χ2n) is 6.89. The SMILES string of the molecule is CCC(C)(C)c1ccc(S(=O)(=O)NOc2ccc(C(F)(F)F)cc2[N+](=O)[O-])cc1. The van der Waals surface area contributed by atoms with Crippen LogP contribution < -0.4 is 9.72 Å². The van der Waals surface area contributed by atoms with E-state index in [9.17, 15) is 31.7 Å². The van der Waals surface area contributed by atoms with E-state index in [1.807, 2.05) is 20.8 Å². The smallest absolute Gasteiger partial charge is 0.386 e. The number of nitrogens with one attached hydrogen (secondary N) is 1. The van der Waals surface area contributed by atoms with Crippen molar-refractivity contribution in [1.82, 2.24) is 4.89 Å². The number of benzene rings is 2. The third-order valence-corrected chi connectivity index (χ3v) is 5.77. The zero-order chi connectivity index (χ0) is 22.0. The van der Waals surface area contributed by atoms with Gasteiger partial charge in [0.1, 0.15) is 0 Å². The Morgan fingerprint density at radius 1 is 1.07 bits per heavy atom. The molecular weight excluding hydrogens is 413 g/mol. The Morgan fingerprint density at radius 2 is 1.62 bits per heavy atom. The molecule has 0 aliphatic heterocycles. The molecule has 0 aromatic heterocycles. The summed E-state index contributed by atoms with van der Waals surface area (Å²) in [6.07, 6.45) is -3.96. The molecule has 0 aliphatic rings. The first kappa shape index (κ1) is 22.6. The first-order chi connectivity index (χ1) is 13.3. The highest BCUT2D eigenvalue weighted by Gasteiger charge is 2.33. The van der Waals surface area contributed by atoms with Gasteiger partial charge in [0.05, 0.1) is 15.4 Å². The summed E-state index contributed by atoms with van der Waals surface area (Å²) in [5.41, 5.74) is -1.53. The second kappa shape index (κ2) is 7.99. The highest BCUT2D eigenvalue weighted by molar-refractivity contribution is 7.89. The minimum atomic E-state index is -4.79. The molecule has 0 atom stereocenters. The quantitative estimate of drug-likeness (QED) is 0.510.